The fraction of sp³-hybridized carbons (Fsp3) is 0.125. The third kappa shape index (κ3) is 2.60. The SMILES string of the molecule is Fc1ccc(C#CCS)nc1. The van der Waals surface area contributed by atoms with E-state index in [1.807, 2.05) is 0 Å². The fourth-order valence-corrected chi connectivity index (χ4v) is 0.659. The molecule has 1 heterocycles. The number of nitrogens with zero attached hydrogens (tertiary/aromatic N) is 1. The van der Waals surface area contributed by atoms with Crippen molar-refractivity contribution < 1.29 is 4.39 Å². The molecule has 0 aliphatic carbocycles. The van der Waals surface area contributed by atoms with Crippen LogP contribution in [0.25, 0.3) is 0 Å². The molecule has 11 heavy (non-hydrogen) atoms. The maximum absolute atomic E-state index is 12.3. The lowest BCUT2D eigenvalue weighted by molar-refractivity contribution is 0.621. The number of hydrogen-bond acceptors (Lipinski definition) is 2. The quantitative estimate of drug-likeness (QED) is 0.456. The first-order valence-corrected chi connectivity index (χ1v) is 3.67. The van der Waals surface area contributed by atoms with Gasteiger partial charge in [-0.3, -0.25) is 0 Å². The molecule has 0 bridgehead atoms. The maximum atomic E-state index is 12.3. The monoisotopic (exact) mass is 167 g/mol. The van der Waals surface area contributed by atoms with Gasteiger partial charge in [0, 0.05) is 0 Å². The van der Waals surface area contributed by atoms with Gasteiger partial charge < -0.3 is 0 Å². The van der Waals surface area contributed by atoms with E-state index in [1.165, 1.54) is 12.1 Å². The van der Waals surface area contributed by atoms with Gasteiger partial charge in [-0.15, -0.1) is 0 Å². The van der Waals surface area contributed by atoms with E-state index in [0.29, 0.717) is 11.4 Å². The van der Waals surface area contributed by atoms with E-state index in [1.54, 1.807) is 0 Å². The number of pyridine rings is 1. The van der Waals surface area contributed by atoms with Crippen LogP contribution < -0.4 is 0 Å². The van der Waals surface area contributed by atoms with Crippen molar-refractivity contribution in [1.82, 2.24) is 4.98 Å². The van der Waals surface area contributed by atoms with E-state index >= 15 is 0 Å². The second-order valence-electron chi connectivity index (χ2n) is 1.82. The van der Waals surface area contributed by atoms with Gasteiger partial charge in [0.25, 0.3) is 0 Å². The molecule has 1 rings (SSSR count). The van der Waals surface area contributed by atoms with Gasteiger partial charge in [0.15, 0.2) is 0 Å². The fourth-order valence-electron chi connectivity index (χ4n) is 0.580. The summed E-state index contributed by atoms with van der Waals surface area (Å²) < 4.78 is 12.3. The van der Waals surface area contributed by atoms with E-state index in [0.717, 1.165) is 6.20 Å². The summed E-state index contributed by atoms with van der Waals surface area (Å²) in [5.74, 6) is 5.57. The molecular formula is C8H6FNS. The Hall–Kier alpha value is -1.01. The van der Waals surface area contributed by atoms with Crippen LogP contribution in [0.2, 0.25) is 0 Å². The molecule has 0 aliphatic heterocycles. The standard InChI is InChI=1S/C8H6FNS/c9-7-3-4-8(10-6-7)2-1-5-11/h3-4,6,11H,5H2. The van der Waals surface area contributed by atoms with Gasteiger partial charge in [-0.05, 0) is 18.1 Å². The minimum Gasteiger partial charge on any atom is -0.245 e. The molecule has 1 aromatic rings. The third-order valence-electron chi connectivity index (χ3n) is 1.02. The van der Waals surface area contributed by atoms with Gasteiger partial charge in [0.05, 0.1) is 11.9 Å². The van der Waals surface area contributed by atoms with E-state index in [-0.39, 0.29) is 5.82 Å². The van der Waals surface area contributed by atoms with Gasteiger partial charge in [-0.25, -0.2) is 9.37 Å². The Kier molecular flexibility index (Phi) is 2.94. The highest BCUT2D eigenvalue weighted by Gasteiger charge is 1.88. The zero-order chi connectivity index (χ0) is 8.10. The van der Waals surface area contributed by atoms with E-state index < -0.39 is 0 Å². The lowest BCUT2D eigenvalue weighted by Crippen LogP contribution is -1.82. The Morgan fingerprint density at radius 3 is 2.91 bits per heavy atom. The first-order chi connectivity index (χ1) is 5.33. The summed E-state index contributed by atoms with van der Waals surface area (Å²) in [6.45, 7) is 0. The summed E-state index contributed by atoms with van der Waals surface area (Å²) in [5, 5.41) is 0. The van der Waals surface area contributed by atoms with Crippen molar-refractivity contribution in [3.8, 4) is 11.8 Å². The Morgan fingerprint density at radius 2 is 2.36 bits per heavy atom. The number of rotatable bonds is 0. The largest absolute Gasteiger partial charge is 0.245 e. The van der Waals surface area contributed by atoms with Crippen LogP contribution in [0.1, 0.15) is 5.69 Å². The van der Waals surface area contributed by atoms with Crippen molar-refractivity contribution >= 4 is 12.6 Å². The molecule has 0 saturated heterocycles. The highest BCUT2D eigenvalue weighted by Crippen LogP contribution is 1.95. The van der Waals surface area contributed by atoms with Crippen molar-refractivity contribution in [3.63, 3.8) is 0 Å². The summed E-state index contributed by atoms with van der Waals surface area (Å²) in [6.07, 6.45) is 1.14. The minimum absolute atomic E-state index is 0.346. The van der Waals surface area contributed by atoms with Crippen LogP contribution in [-0.2, 0) is 0 Å². The maximum Gasteiger partial charge on any atom is 0.141 e. The van der Waals surface area contributed by atoms with Crippen molar-refractivity contribution in [2.24, 2.45) is 0 Å². The van der Waals surface area contributed by atoms with E-state index in [9.17, 15) is 4.39 Å². The zero-order valence-electron chi connectivity index (χ0n) is 5.71. The second kappa shape index (κ2) is 3.99. The molecule has 0 atom stereocenters. The molecular weight excluding hydrogens is 161 g/mol. The predicted octanol–water partition coefficient (Wildman–Crippen LogP) is 1.50. The summed E-state index contributed by atoms with van der Waals surface area (Å²) in [7, 11) is 0. The van der Waals surface area contributed by atoms with E-state index in [2.05, 4.69) is 29.5 Å². The van der Waals surface area contributed by atoms with Crippen LogP contribution in [-0.4, -0.2) is 10.7 Å². The topological polar surface area (TPSA) is 12.9 Å². The molecule has 0 spiro atoms. The first-order valence-electron chi connectivity index (χ1n) is 3.04. The predicted molar refractivity (Wildman–Crippen MR) is 44.9 cm³/mol. The van der Waals surface area contributed by atoms with Crippen molar-refractivity contribution in [1.29, 1.82) is 0 Å². The smallest absolute Gasteiger partial charge is 0.141 e. The molecule has 0 N–H and O–H groups in total. The minimum atomic E-state index is -0.346. The average Bonchev–Trinajstić information content (AvgIpc) is 2.04. The number of halogens is 1. The Labute approximate surface area is 70.1 Å². The molecule has 1 nitrogen and oxygen atoms in total. The summed E-state index contributed by atoms with van der Waals surface area (Å²) in [6, 6.07) is 2.86. The molecule has 0 aromatic carbocycles. The first kappa shape index (κ1) is 8.09. The van der Waals surface area contributed by atoms with Gasteiger partial charge in [0.2, 0.25) is 0 Å². The van der Waals surface area contributed by atoms with Crippen LogP contribution >= 0.6 is 12.6 Å². The Morgan fingerprint density at radius 1 is 1.55 bits per heavy atom. The molecule has 0 radical (unpaired) electrons. The Balaban J connectivity index is 2.82. The summed E-state index contributed by atoms with van der Waals surface area (Å²) >= 11 is 3.90. The molecule has 1 aromatic heterocycles. The third-order valence-corrected chi connectivity index (χ3v) is 1.18. The normalized spacial score (nSPS) is 8.55. The Bertz CT molecular complexity index is 283. The van der Waals surface area contributed by atoms with Gasteiger partial charge in [-0.2, -0.15) is 12.6 Å². The average molecular weight is 167 g/mol. The van der Waals surface area contributed by atoms with Gasteiger partial charge in [-0.1, -0.05) is 5.92 Å². The second-order valence-corrected chi connectivity index (χ2v) is 2.14. The van der Waals surface area contributed by atoms with Crippen LogP contribution in [0.4, 0.5) is 4.39 Å². The van der Waals surface area contributed by atoms with E-state index in [4.69, 9.17) is 0 Å². The molecule has 0 amide bonds. The van der Waals surface area contributed by atoms with Crippen molar-refractivity contribution in [2.75, 3.05) is 5.75 Å². The lowest BCUT2D eigenvalue weighted by Gasteiger charge is -1.87. The molecule has 0 fully saturated rings. The number of hydrogen-bond donors (Lipinski definition) is 1. The molecule has 0 unspecified atom stereocenters. The number of aromatic nitrogens is 1. The van der Waals surface area contributed by atoms with Crippen LogP contribution in [0.5, 0.6) is 0 Å². The van der Waals surface area contributed by atoms with Crippen molar-refractivity contribution in [3.05, 3.63) is 29.8 Å². The van der Waals surface area contributed by atoms with Crippen LogP contribution in [0.15, 0.2) is 18.3 Å². The molecule has 0 saturated carbocycles. The van der Waals surface area contributed by atoms with Gasteiger partial charge >= 0.3 is 0 Å². The van der Waals surface area contributed by atoms with Crippen LogP contribution in [0, 0.1) is 17.7 Å². The highest BCUT2D eigenvalue weighted by molar-refractivity contribution is 7.80. The molecule has 3 heteroatoms. The summed E-state index contributed by atoms with van der Waals surface area (Å²) in [4.78, 5) is 3.73. The van der Waals surface area contributed by atoms with Crippen LogP contribution in [0.3, 0.4) is 0 Å². The van der Waals surface area contributed by atoms with Gasteiger partial charge in [0.1, 0.15) is 11.5 Å². The zero-order valence-corrected chi connectivity index (χ0v) is 6.61. The number of thiol groups is 1. The lowest BCUT2D eigenvalue weighted by atomic mass is 10.3. The highest BCUT2D eigenvalue weighted by atomic mass is 32.1. The summed E-state index contributed by atoms with van der Waals surface area (Å²) in [5.41, 5.74) is 0.570. The molecule has 0 aliphatic rings. The molecule has 56 valence electrons. The van der Waals surface area contributed by atoms with Crippen molar-refractivity contribution in [2.45, 2.75) is 0 Å².